The summed E-state index contributed by atoms with van der Waals surface area (Å²) in [6.45, 7) is 0. The number of nitrogens with one attached hydrogen (secondary N) is 1. The standard InChI is InChI=1S/C30H19F12NO5/c31-25(27(33,34)35)29(39,40)47-21-9-1-17(2-10-21)5-15-23(44)43-19-7-13-20(14-8-19)46-24(45)16-6-18-3-11-22(12-4-18)48-30(41,42)26(32)28(36,37)38/h1-16,25-26H,(H,43,44). The van der Waals surface area contributed by atoms with Crippen molar-refractivity contribution >= 4 is 29.7 Å². The highest BCUT2D eigenvalue weighted by Crippen LogP contribution is 2.38. The van der Waals surface area contributed by atoms with Crippen LogP contribution in [0.3, 0.4) is 0 Å². The molecule has 1 N–H and O–H groups in total. The van der Waals surface area contributed by atoms with E-state index in [0.717, 1.165) is 60.7 Å². The molecule has 0 aromatic heterocycles. The highest BCUT2D eigenvalue weighted by atomic mass is 19.4. The van der Waals surface area contributed by atoms with Gasteiger partial charge in [0, 0.05) is 17.8 Å². The Bertz CT molecular complexity index is 1480. The van der Waals surface area contributed by atoms with E-state index in [-0.39, 0.29) is 22.6 Å². The zero-order chi connectivity index (χ0) is 35.9. The van der Waals surface area contributed by atoms with Crippen LogP contribution in [-0.2, 0) is 9.59 Å². The van der Waals surface area contributed by atoms with Crippen molar-refractivity contribution in [1.82, 2.24) is 0 Å². The average molecular weight is 701 g/mol. The van der Waals surface area contributed by atoms with Gasteiger partial charge in [-0.1, -0.05) is 24.3 Å². The molecule has 3 aromatic carbocycles. The highest BCUT2D eigenvalue weighted by Gasteiger charge is 2.60. The lowest BCUT2D eigenvalue weighted by molar-refractivity contribution is -0.305. The number of hydrogen-bond donors (Lipinski definition) is 1. The summed E-state index contributed by atoms with van der Waals surface area (Å²) in [5.41, 5.74) is 0.687. The van der Waals surface area contributed by atoms with Gasteiger partial charge in [-0.3, -0.25) is 4.79 Å². The fourth-order valence-corrected chi connectivity index (χ4v) is 3.37. The number of benzene rings is 3. The summed E-state index contributed by atoms with van der Waals surface area (Å²) in [6.07, 6.45) is -26.8. The van der Waals surface area contributed by atoms with Crippen LogP contribution in [-0.4, -0.2) is 48.8 Å². The first-order chi connectivity index (χ1) is 22.2. The maximum Gasteiger partial charge on any atom is 0.439 e. The Hall–Kier alpha value is -5.16. The molecule has 6 nitrogen and oxygen atoms in total. The minimum atomic E-state index is -5.85. The highest BCUT2D eigenvalue weighted by molar-refractivity contribution is 6.02. The van der Waals surface area contributed by atoms with Crippen LogP contribution in [0.25, 0.3) is 12.2 Å². The number of halogens is 12. The van der Waals surface area contributed by atoms with Gasteiger partial charge in [-0.05, 0) is 71.8 Å². The zero-order valence-electron chi connectivity index (χ0n) is 23.5. The third kappa shape index (κ3) is 11.0. The van der Waals surface area contributed by atoms with E-state index < -0.39 is 60.3 Å². The second-order valence-electron chi connectivity index (χ2n) is 9.38. The maximum atomic E-state index is 13.4. The van der Waals surface area contributed by atoms with Crippen molar-refractivity contribution in [1.29, 1.82) is 0 Å². The van der Waals surface area contributed by atoms with Gasteiger partial charge in [0.15, 0.2) is 0 Å². The molecule has 2 atom stereocenters. The van der Waals surface area contributed by atoms with Gasteiger partial charge in [-0.2, -0.15) is 43.9 Å². The minimum Gasteiger partial charge on any atom is -0.430 e. The summed E-state index contributed by atoms with van der Waals surface area (Å²) in [7, 11) is 0. The van der Waals surface area contributed by atoms with E-state index in [2.05, 4.69) is 14.8 Å². The molecular formula is C30H19F12NO5. The molecule has 0 spiro atoms. The first kappa shape index (κ1) is 37.3. The van der Waals surface area contributed by atoms with Crippen molar-refractivity contribution in [2.24, 2.45) is 0 Å². The molecule has 258 valence electrons. The number of amides is 1. The number of anilines is 1. The van der Waals surface area contributed by atoms with Gasteiger partial charge >= 0.3 is 30.5 Å². The summed E-state index contributed by atoms with van der Waals surface area (Å²) in [4.78, 5) is 24.3. The summed E-state index contributed by atoms with van der Waals surface area (Å²) >= 11 is 0. The van der Waals surface area contributed by atoms with Gasteiger partial charge in [0.25, 0.3) is 12.3 Å². The normalized spacial score (nSPS) is 14.1. The molecule has 1 amide bonds. The van der Waals surface area contributed by atoms with E-state index in [0.29, 0.717) is 0 Å². The predicted molar refractivity (Wildman–Crippen MR) is 145 cm³/mol. The van der Waals surface area contributed by atoms with Crippen LogP contribution in [0.15, 0.2) is 84.9 Å². The third-order valence-electron chi connectivity index (χ3n) is 5.61. The van der Waals surface area contributed by atoms with Crippen molar-refractivity contribution in [3.05, 3.63) is 96.1 Å². The summed E-state index contributed by atoms with van der Waals surface area (Å²) in [6, 6.07) is 13.0. The molecule has 0 saturated heterocycles. The topological polar surface area (TPSA) is 73.9 Å². The number of ether oxygens (including phenoxy) is 3. The van der Waals surface area contributed by atoms with Gasteiger partial charge in [-0.15, -0.1) is 0 Å². The van der Waals surface area contributed by atoms with Crippen LogP contribution in [0.2, 0.25) is 0 Å². The number of rotatable bonds is 12. The Morgan fingerprint density at radius 3 is 1.33 bits per heavy atom. The molecular weight excluding hydrogens is 682 g/mol. The number of esters is 1. The molecule has 0 aliphatic rings. The smallest absolute Gasteiger partial charge is 0.430 e. The van der Waals surface area contributed by atoms with Crippen LogP contribution in [0, 0.1) is 0 Å². The molecule has 0 heterocycles. The Labute approximate surface area is 262 Å². The lowest BCUT2D eigenvalue weighted by atomic mass is 10.2. The van der Waals surface area contributed by atoms with Gasteiger partial charge in [-0.25, -0.2) is 13.6 Å². The van der Waals surface area contributed by atoms with E-state index >= 15 is 0 Å². The van der Waals surface area contributed by atoms with Crippen LogP contribution >= 0.6 is 0 Å². The Kier molecular flexibility index (Phi) is 11.4. The summed E-state index contributed by atoms with van der Waals surface area (Å²) < 4.78 is 165. The quantitative estimate of drug-likeness (QED) is 0.0886. The van der Waals surface area contributed by atoms with Crippen LogP contribution in [0.5, 0.6) is 17.2 Å². The van der Waals surface area contributed by atoms with Gasteiger partial charge < -0.3 is 19.5 Å². The molecule has 0 fully saturated rings. The lowest BCUT2D eigenvalue weighted by Crippen LogP contribution is -2.45. The number of alkyl halides is 12. The lowest BCUT2D eigenvalue weighted by Gasteiger charge is -2.23. The fourth-order valence-electron chi connectivity index (χ4n) is 3.37. The van der Waals surface area contributed by atoms with Gasteiger partial charge in [0.05, 0.1) is 0 Å². The van der Waals surface area contributed by atoms with Crippen molar-refractivity contribution in [2.75, 3.05) is 5.32 Å². The molecule has 3 rings (SSSR count). The summed E-state index contributed by atoms with van der Waals surface area (Å²) in [5, 5.41) is 2.45. The van der Waals surface area contributed by atoms with Crippen molar-refractivity contribution in [2.45, 2.75) is 36.9 Å². The van der Waals surface area contributed by atoms with Crippen molar-refractivity contribution in [3.8, 4) is 17.2 Å². The number of carbonyl (C=O) groups excluding carboxylic acids is 2. The number of hydrogen-bond acceptors (Lipinski definition) is 5. The van der Waals surface area contributed by atoms with E-state index in [1.165, 1.54) is 36.4 Å². The first-order valence-corrected chi connectivity index (χ1v) is 12.9. The van der Waals surface area contributed by atoms with Crippen molar-refractivity contribution in [3.63, 3.8) is 0 Å². The van der Waals surface area contributed by atoms with E-state index in [1.54, 1.807) is 0 Å². The van der Waals surface area contributed by atoms with E-state index in [1.807, 2.05) is 0 Å². The van der Waals surface area contributed by atoms with Crippen molar-refractivity contribution < 1.29 is 76.5 Å². The molecule has 48 heavy (non-hydrogen) atoms. The maximum absolute atomic E-state index is 13.4. The summed E-state index contributed by atoms with van der Waals surface area (Å²) in [5.74, 6) is -3.09. The van der Waals surface area contributed by atoms with Crippen LogP contribution in [0.4, 0.5) is 58.4 Å². The van der Waals surface area contributed by atoms with Gasteiger partial charge in [0.1, 0.15) is 17.2 Å². The Balaban J connectivity index is 1.48. The van der Waals surface area contributed by atoms with Gasteiger partial charge in [0.2, 0.25) is 5.91 Å². The molecule has 0 aliphatic heterocycles. The van der Waals surface area contributed by atoms with E-state index in [4.69, 9.17) is 4.74 Å². The van der Waals surface area contributed by atoms with E-state index in [9.17, 15) is 62.3 Å². The van der Waals surface area contributed by atoms with Crippen LogP contribution < -0.4 is 19.5 Å². The molecule has 0 aliphatic carbocycles. The average Bonchev–Trinajstić information content (AvgIpc) is 2.99. The zero-order valence-corrected chi connectivity index (χ0v) is 23.5. The van der Waals surface area contributed by atoms with Crippen LogP contribution in [0.1, 0.15) is 11.1 Å². The molecule has 18 heteroatoms. The molecule has 2 unspecified atom stereocenters. The minimum absolute atomic E-state index is 0.0248. The fraction of sp³-hybridized carbons (Fsp3) is 0.200. The third-order valence-corrected chi connectivity index (χ3v) is 5.61. The first-order valence-electron chi connectivity index (χ1n) is 12.9. The molecule has 0 radical (unpaired) electrons. The second-order valence-corrected chi connectivity index (χ2v) is 9.38. The Morgan fingerprint density at radius 1 is 0.562 bits per heavy atom. The largest absolute Gasteiger partial charge is 0.439 e. The molecule has 3 aromatic rings. The number of carbonyl (C=O) groups is 2. The molecule has 0 saturated carbocycles. The monoisotopic (exact) mass is 701 g/mol. The SMILES string of the molecule is O=C(C=Cc1ccc(OC(F)(F)C(F)C(F)(F)F)cc1)Nc1ccc(OC(=O)C=Cc2ccc(OC(F)(F)C(F)C(F)(F)F)cc2)cc1. The second kappa shape index (κ2) is 14.7. The molecule has 0 bridgehead atoms. The predicted octanol–water partition coefficient (Wildman–Crippen LogP) is 8.70. The Morgan fingerprint density at radius 2 is 0.938 bits per heavy atom.